The van der Waals surface area contributed by atoms with Crippen LogP contribution in [0.3, 0.4) is 0 Å². The highest BCUT2D eigenvalue weighted by Gasteiger charge is 2.00. The first kappa shape index (κ1) is 14.3. The maximum Gasteiger partial charge on any atom is 0.00918 e. The molecule has 0 aliphatic carbocycles. The molecule has 0 saturated heterocycles. The van der Waals surface area contributed by atoms with E-state index < -0.39 is 0 Å². The lowest BCUT2D eigenvalue weighted by Crippen LogP contribution is -1.86. The molecule has 0 unspecified atom stereocenters. The summed E-state index contributed by atoms with van der Waals surface area (Å²) in [7, 11) is 0. The standard InChI is InChI=1S/C13H14S2.C2H6/c1-9-7-11(4-6-13(9)14)8-12-5-3-10(2)15-12;1-2/h3-7,14H,8H2,1-2H3;1-2H3. The zero-order valence-corrected chi connectivity index (χ0v) is 12.7. The molecule has 1 heterocycles. The molecular weight excluding hydrogens is 244 g/mol. The lowest BCUT2D eigenvalue weighted by Gasteiger charge is -2.03. The van der Waals surface area contributed by atoms with E-state index in [2.05, 4.69) is 56.8 Å². The average molecular weight is 264 g/mol. The molecule has 0 N–H and O–H groups in total. The molecule has 2 rings (SSSR count). The van der Waals surface area contributed by atoms with Crippen LogP contribution < -0.4 is 0 Å². The lowest BCUT2D eigenvalue weighted by atomic mass is 10.1. The Morgan fingerprint density at radius 1 is 1.06 bits per heavy atom. The predicted molar refractivity (Wildman–Crippen MR) is 81.6 cm³/mol. The summed E-state index contributed by atoms with van der Waals surface area (Å²) in [5.41, 5.74) is 2.62. The van der Waals surface area contributed by atoms with E-state index >= 15 is 0 Å². The van der Waals surface area contributed by atoms with Gasteiger partial charge >= 0.3 is 0 Å². The molecule has 2 heteroatoms. The van der Waals surface area contributed by atoms with Crippen molar-refractivity contribution in [3.8, 4) is 0 Å². The van der Waals surface area contributed by atoms with E-state index in [0.717, 1.165) is 11.3 Å². The van der Waals surface area contributed by atoms with Gasteiger partial charge in [-0.15, -0.1) is 24.0 Å². The van der Waals surface area contributed by atoms with Crippen LogP contribution in [0.5, 0.6) is 0 Å². The Labute approximate surface area is 114 Å². The van der Waals surface area contributed by atoms with Crippen LogP contribution in [0.2, 0.25) is 0 Å². The molecular formula is C15H20S2. The summed E-state index contributed by atoms with van der Waals surface area (Å²) >= 11 is 6.25. The van der Waals surface area contributed by atoms with Crippen LogP contribution in [-0.4, -0.2) is 0 Å². The lowest BCUT2D eigenvalue weighted by molar-refractivity contribution is 1.19. The van der Waals surface area contributed by atoms with E-state index in [1.54, 1.807) is 0 Å². The number of thiol groups is 1. The zero-order valence-electron chi connectivity index (χ0n) is 10.9. The Morgan fingerprint density at radius 3 is 2.29 bits per heavy atom. The highest BCUT2D eigenvalue weighted by molar-refractivity contribution is 7.80. The first-order chi connectivity index (χ1) is 8.15. The molecule has 0 bridgehead atoms. The van der Waals surface area contributed by atoms with Crippen molar-refractivity contribution in [3.63, 3.8) is 0 Å². The Balaban J connectivity index is 0.000000686. The van der Waals surface area contributed by atoms with Crippen molar-refractivity contribution >= 4 is 24.0 Å². The van der Waals surface area contributed by atoms with Crippen molar-refractivity contribution in [3.05, 3.63) is 51.2 Å². The minimum absolute atomic E-state index is 1.04. The summed E-state index contributed by atoms with van der Waals surface area (Å²) in [5, 5.41) is 0. The average Bonchev–Trinajstić information content (AvgIpc) is 2.72. The molecule has 0 atom stereocenters. The fourth-order valence-corrected chi connectivity index (χ4v) is 2.67. The number of hydrogen-bond acceptors (Lipinski definition) is 2. The molecule has 2 aromatic rings. The fourth-order valence-electron chi connectivity index (χ4n) is 1.61. The molecule has 0 fully saturated rings. The summed E-state index contributed by atoms with van der Waals surface area (Å²) in [6, 6.07) is 10.8. The van der Waals surface area contributed by atoms with Crippen LogP contribution in [0.4, 0.5) is 0 Å². The number of thiophene rings is 1. The maximum absolute atomic E-state index is 4.38. The van der Waals surface area contributed by atoms with Gasteiger partial charge in [-0.25, -0.2) is 0 Å². The first-order valence-electron chi connectivity index (χ1n) is 5.99. The van der Waals surface area contributed by atoms with Gasteiger partial charge in [-0.2, -0.15) is 0 Å². The van der Waals surface area contributed by atoms with E-state index in [0.29, 0.717) is 0 Å². The first-order valence-corrected chi connectivity index (χ1v) is 7.25. The van der Waals surface area contributed by atoms with Gasteiger partial charge in [-0.1, -0.05) is 26.0 Å². The van der Waals surface area contributed by atoms with Crippen LogP contribution in [0, 0.1) is 13.8 Å². The van der Waals surface area contributed by atoms with Crippen LogP contribution in [0.1, 0.15) is 34.7 Å². The van der Waals surface area contributed by atoms with Gasteiger partial charge in [0.1, 0.15) is 0 Å². The smallest absolute Gasteiger partial charge is 0.00918 e. The van der Waals surface area contributed by atoms with Gasteiger partial charge in [-0.3, -0.25) is 0 Å². The summed E-state index contributed by atoms with van der Waals surface area (Å²) < 4.78 is 0. The van der Waals surface area contributed by atoms with Crippen LogP contribution in [0.15, 0.2) is 35.2 Å². The third-order valence-corrected chi connectivity index (χ3v) is 3.94. The van der Waals surface area contributed by atoms with Crippen LogP contribution in [0.25, 0.3) is 0 Å². The van der Waals surface area contributed by atoms with Crippen molar-refractivity contribution in [2.45, 2.75) is 39.0 Å². The van der Waals surface area contributed by atoms with Gasteiger partial charge in [-0.05, 0) is 43.2 Å². The number of rotatable bonds is 2. The molecule has 0 spiro atoms. The largest absolute Gasteiger partial charge is 0.145 e. The molecule has 1 aromatic carbocycles. The van der Waals surface area contributed by atoms with E-state index in [4.69, 9.17) is 0 Å². The minimum atomic E-state index is 1.04. The van der Waals surface area contributed by atoms with Gasteiger partial charge in [0.15, 0.2) is 0 Å². The van der Waals surface area contributed by atoms with Gasteiger partial charge < -0.3 is 0 Å². The quantitative estimate of drug-likeness (QED) is 0.702. The van der Waals surface area contributed by atoms with Gasteiger partial charge in [0.2, 0.25) is 0 Å². The van der Waals surface area contributed by atoms with Crippen LogP contribution in [-0.2, 0) is 6.42 Å². The number of hydrogen-bond donors (Lipinski definition) is 1. The van der Waals surface area contributed by atoms with E-state index in [1.165, 1.54) is 20.9 Å². The summed E-state index contributed by atoms with van der Waals surface area (Å²) in [6.45, 7) is 8.25. The minimum Gasteiger partial charge on any atom is -0.145 e. The van der Waals surface area contributed by atoms with Gasteiger partial charge in [0, 0.05) is 21.1 Å². The predicted octanol–water partition coefficient (Wildman–Crippen LogP) is 5.27. The van der Waals surface area contributed by atoms with E-state index in [1.807, 2.05) is 25.2 Å². The Kier molecular flexibility index (Phi) is 5.79. The number of aryl methyl sites for hydroxylation is 2. The maximum atomic E-state index is 4.38. The summed E-state index contributed by atoms with van der Waals surface area (Å²) in [4.78, 5) is 3.88. The topological polar surface area (TPSA) is 0 Å². The van der Waals surface area contributed by atoms with Crippen molar-refractivity contribution in [1.82, 2.24) is 0 Å². The van der Waals surface area contributed by atoms with Crippen molar-refractivity contribution < 1.29 is 0 Å². The van der Waals surface area contributed by atoms with E-state index in [-0.39, 0.29) is 0 Å². The van der Waals surface area contributed by atoms with Crippen molar-refractivity contribution in [2.24, 2.45) is 0 Å². The molecule has 0 amide bonds. The van der Waals surface area contributed by atoms with Gasteiger partial charge in [0.25, 0.3) is 0 Å². The zero-order chi connectivity index (χ0) is 12.8. The normalized spacial score (nSPS) is 9.71. The monoisotopic (exact) mass is 264 g/mol. The summed E-state index contributed by atoms with van der Waals surface area (Å²) in [6.07, 6.45) is 1.04. The molecule has 0 aliphatic heterocycles. The SMILES string of the molecule is CC.Cc1ccc(Cc2ccc(S)c(C)c2)s1. The third kappa shape index (κ3) is 4.21. The molecule has 0 saturated carbocycles. The third-order valence-electron chi connectivity index (χ3n) is 2.44. The second kappa shape index (κ2) is 6.87. The second-order valence-corrected chi connectivity index (χ2v) is 5.66. The molecule has 0 nitrogen and oxygen atoms in total. The summed E-state index contributed by atoms with van der Waals surface area (Å²) in [5.74, 6) is 0. The Bertz CT molecular complexity index is 470. The second-order valence-electron chi connectivity index (χ2n) is 3.81. The molecule has 1 aromatic heterocycles. The molecule has 0 aliphatic rings. The van der Waals surface area contributed by atoms with Crippen molar-refractivity contribution in [2.75, 3.05) is 0 Å². The van der Waals surface area contributed by atoms with Crippen molar-refractivity contribution in [1.29, 1.82) is 0 Å². The highest BCUT2D eigenvalue weighted by atomic mass is 32.1. The molecule has 17 heavy (non-hydrogen) atoms. The molecule has 92 valence electrons. The fraction of sp³-hybridized carbons (Fsp3) is 0.333. The Morgan fingerprint density at radius 2 is 1.76 bits per heavy atom. The Hall–Kier alpha value is -0.730. The van der Waals surface area contributed by atoms with Crippen LogP contribution >= 0.6 is 24.0 Å². The molecule has 0 radical (unpaired) electrons. The van der Waals surface area contributed by atoms with E-state index in [9.17, 15) is 0 Å². The highest BCUT2D eigenvalue weighted by Crippen LogP contribution is 2.21. The van der Waals surface area contributed by atoms with Gasteiger partial charge in [0.05, 0.1) is 0 Å². The number of benzene rings is 1.